The number of aromatic nitrogens is 1. The van der Waals surface area contributed by atoms with E-state index in [1.54, 1.807) is 41.5 Å². The van der Waals surface area contributed by atoms with Crippen molar-refractivity contribution in [3.63, 3.8) is 0 Å². The summed E-state index contributed by atoms with van der Waals surface area (Å²) in [5.74, 6) is -1.14. The van der Waals surface area contributed by atoms with Gasteiger partial charge in [-0.2, -0.15) is 13.2 Å². The number of hydrogen-bond donors (Lipinski definition) is 1. The van der Waals surface area contributed by atoms with Crippen LogP contribution in [-0.2, 0) is 20.4 Å². The summed E-state index contributed by atoms with van der Waals surface area (Å²) in [6, 6.07) is 2.89. The number of carbonyl (C=O) groups excluding carboxylic acids is 3. The second kappa shape index (κ2) is 11.8. The Labute approximate surface area is 225 Å². The van der Waals surface area contributed by atoms with Gasteiger partial charge < -0.3 is 19.6 Å². The molecule has 0 bridgehead atoms. The van der Waals surface area contributed by atoms with Crippen molar-refractivity contribution in [2.75, 3.05) is 11.4 Å². The predicted molar refractivity (Wildman–Crippen MR) is 137 cm³/mol. The first-order chi connectivity index (χ1) is 16.9. The van der Waals surface area contributed by atoms with Gasteiger partial charge in [-0.05, 0) is 75.2 Å². The molecule has 0 radical (unpaired) electrons. The van der Waals surface area contributed by atoms with Crippen molar-refractivity contribution in [3.05, 3.63) is 45.4 Å². The number of carbonyl (C=O) groups is 3. The number of nitrogens with one attached hydrogen (secondary N) is 1. The quantitative estimate of drug-likeness (QED) is 0.359. The van der Waals surface area contributed by atoms with E-state index >= 15 is 0 Å². The number of thiazole rings is 1. The van der Waals surface area contributed by atoms with E-state index in [2.05, 4.69) is 26.2 Å². The lowest BCUT2D eigenvalue weighted by atomic mass is 9.91. The van der Waals surface area contributed by atoms with Crippen LogP contribution in [0.1, 0.15) is 58.6 Å². The van der Waals surface area contributed by atoms with Gasteiger partial charge in [0.2, 0.25) is 0 Å². The molecule has 0 aliphatic heterocycles. The third kappa shape index (κ3) is 9.62. The molecule has 1 N–H and O–H groups in total. The van der Waals surface area contributed by atoms with Crippen LogP contribution in [0.3, 0.4) is 0 Å². The molecule has 1 heterocycles. The molecule has 1 aromatic heterocycles. The van der Waals surface area contributed by atoms with Gasteiger partial charge >= 0.3 is 18.4 Å². The molecule has 0 unspecified atom stereocenters. The molecule has 0 saturated carbocycles. The number of halogens is 4. The highest BCUT2D eigenvalue weighted by molar-refractivity contribution is 9.11. The molecular formula is C24H29BrF3N3O5S. The van der Waals surface area contributed by atoms with Gasteiger partial charge in [0.1, 0.15) is 17.5 Å². The largest absolute Gasteiger partial charge is 0.444 e. The lowest BCUT2D eigenvalue weighted by Crippen LogP contribution is -2.51. The van der Waals surface area contributed by atoms with Crippen LogP contribution in [-0.4, -0.2) is 47.2 Å². The fourth-order valence-electron chi connectivity index (χ4n) is 3.12. The molecule has 0 aliphatic carbocycles. The van der Waals surface area contributed by atoms with Gasteiger partial charge in [-0.3, -0.25) is 4.90 Å². The van der Waals surface area contributed by atoms with E-state index < -0.39 is 47.1 Å². The van der Waals surface area contributed by atoms with Crippen LogP contribution < -0.4 is 10.2 Å². The van der Waals surface area contributed by atoms with Crippen molar-refractivity contribution in [1.29, 1.82) is 0 Å². The van der Waals surface area contributed by atoms with E-state index in [0.29, 0.717) is 10.1 Å². The number of amides is 2. The highest BCUT2D eigenvalue weighted by Gasteiger charge is 2.35. The lowest BCUT2D eigenvalue weighted by Gasteiger charge is -2.32. The van der Waals surface area contributed by atoms with Crippen molar-refractivity contribution >= 4 is 50.9 Å². The Balaban J connectivity index is 2.50. The molecule has 2 aromatic rings. The van der Waals surface area contributed by atoms with Gasteiger partial charge in [0.15, 0.2) is 5.13 Å². The first-order valence-corrected chi connectivity index (χ1v) is 12.7. The molecule has 0 saturated heterocycles. The fourth-order valence-corrected chi connectivity index (χ4v) is 4.30. The van der Waals surface area contributed by atoms with E-state index in [0.717, 1.165) is 40.5 Å². The minimum atomic E-state index is -4.56. The number of rotatable bonds is 7. The maximum Gasteiger partial charge on any atom is 0.416 e. The molecule has 13 heteroatoms. The zero-order valence-corrected chi connectivity index (χ0v) is 23.6. The number of alkyl carbamates (subject to hydrolysis) is 1. The minimum absolute atomic E-state index is 0.202. The minimum Gasteiger partial charge on any atom is -0.444 e. The summed E-state index contributed by atoms with van der Waals surface area (Å²) >= 11 is 4.41. The third-order valence-corrected chi connectivity index (χ3v) is 6.09. The van der Waals surface area contributed by atoms with Gasteiger partial charge in [-0.1, -0.05) is 23.5 Å². The molecule has 204 valence electrons. The summed E-state index contributed by atoms with van der Waals surface area (Å²) in [6.45, 7) is 9.67. The van der Waals surface area contributed by atoms with Crippen LogP contribution in [0.4, 0.5) is 27.9 Å². The third-order valence-electron chi connectivity index (χ3n) is 4.59. The van der Waals surface area contributed by atoms with E-state index in [1.807, 2.05) is 0 Å². The number of aldehydes is 1. The monoisotopic (exact) mass is 607 g/mol. The standard InChI is InChI=1S/C24H29BrF3N3O5S/c1-22(2,3)35-20(33)30-17(16(13-32)14-7-9-15(10-8-14)24(26,27)28)12-31(19-29-11-18(25)37-19)21(34)36-23(4,5)6/h7-11,13,16-17H,12H2,1-6H3,(H,30,33)/t16-,17+/m0/s1. The zero-order valence-electron chi connectivity index (χ0n) is 21.2. The fraction of sp³-hybridized carbons (Fsp3) is 0.500. The van der Waals surface area contributed by atoms with Gasteiger partial charge in [0.25, 0.3) is 0 Å². The van der Waals surface area contributed by atoms with E-state index in [1.165, 1.54) is 6.20 Å². The Hall–Kier alpha value is -2.67. The molecule has 8 nitrogen and oxygen atoms in total. The van der Waals surface area contributed by atoms with E-state index in [4.69, 9.17) is 9.47 Å². The van der Waals surface area contributed by atoms with Crippen LogP contribution in [0.25, 0.3) is 0 Å². The Morgan fingerprint density at radius 3 is 2.08 bits per heavy atom. The summed E-state index contributed by atoms with van der Waals surface area (Å²) in [6.07, 6.45) is -4.26. The molecule has 2 atom stereocenters. The molecule has 0 fully saturated rings. The second-order valence-electron chi connectivity index (χ2n) is 10.1. The summed E-state index contributed by atoms with van der Waals surface area (Å²) in [7, 11) is 0. The van der Waals surface area contributed by atoms with Gasteiger partial charge in [-0.15, -0.1) is 0 Å². The smallest absolute Gasteiger partial charge is 0.416 e. The molecule has 0 spiro atoms. The highest BCUT2D eigenvalue weighted by Crippen LogP contribution is 2.32. The van der Waals surface area contributed by atoms with Crippen LogP contribution >= 0.6 is 27.3 Å². The van der Waals surface area contributed by atoms with Crippen molar-refractivity contribution in [1.82, 2.24) is 10.3 Å². The first-order valence-electron chi connectivity index (χ1n) is 11.1. The Kier molecular flexibility index (Phi) is 9.75. The summed E-state index contributed by atoms with van der Waals surface area (Å²) < 4.78 is 50.6. The number of ether oxygens (including phenoxy) is 2. The average molecular weight is 608 g/mol. The number of benzene rings is 1. The van der Waals surface area contributed by atoms with Crippen molar-refractivity contribution in [2.24, 2.45) is 0 Å². The van der Waals surface area contributed by atoms with E-state index in [-0.39, 0.29) is 17.2 Å². The SMILES string of the molecule is CC(C)(C)OC(=O)N[C@H](CN(C(=O)OC(C)(C)C)c1ncc(Br)s1)[C@@H](C=O)c1ccc(C(F)(F)F)cc1. The van der Waals surface area contributed by atoms with Gasteiger partial charge in [0.05, 0.1) is 34.1 Å². The topological polar surface area (TPSA) is 97.8 Å². The zero-order chi connectivity index (χ0) is 28.2. The Morgan fingerprint density at radius 1 is 1.08 bits per heavy atom. The molecule has 2 amide bonds. The second-order valence-corrected chi connectivity index (χ2v) is 12.5. The number of nitrogens with zero attached hydrogens (tertiary/aromatic N) is 2. The lowest BCUT2D eigenvalue weighted by molar-refractivity contribution is -0.137. The maximum absolute atomic E-state index is 13.1. The summed E-state index contributed by atoms with van der Waals surface area (Å²) in [5.41, 5.74) is -2.42. The Bertz CT molecular complexity index is 1090. The summed E-state index contributed by atoms with van der Waals surface area (Å²) in [4.78, 5) is 43.4. The molecule has 0 aliphatic rings. The number of anilines is 1. The molecular weight excluding hydrogens is 579 g/mol. The number of hydrogen-bond acceptors (Lipinski definition) is 7. The van der Waals surface area contributed by atoms with Crippen LogP contribution in [0.2, 0.25) is 0 Å². The van der Waals surface area contributed by atoms with E-state index in [9.17, 15) is 27.6 Å². The van der Waals surface area contributed by atoms with Crippen molar-refractivity contribution in [2.45, 2.75) is 70.9 Å². The molecule has 2 rings (SSSR count). The number of alkyl halides is 3. The Morgan fingerprint density at radius 2 is 1.65 bits per heavy atom. The predicted octanol–water partition coefficient (Wildman–Crippen LogP) is 6.54. The van der Waals surface area contributed by atoms with Crippen LogP contribution in [0.5, 0.6) is 0 Å². The first kappa shape index (κ1) is 30.6. The van der Waals surface area contributed by atoms with Crippen molar-refractivity contribution < 1.29 is 37.0 Å². The van der Waals surface area contributed by atoms with Gasteiger partial charge in [0, 0.05) is 0 Å². The summed E-state index contributed by atoms with van der Waals surface area (Å²) in [5, 5.41) is 2.81. The van der Waals surface area contributed by atoms with Gasteiger partial charge in [-0.25, -0.2) is 14.6 Å². The van der Waals surface area contributed by atoms with Crippen molar-refractivity contribution in [3.8, 4) is 0 Å². The maximum atomic E-state index is 13.1. The van der Waals surface area contributed by atoms with Crippen LogP contribution in [0, 0.1) is 0 Å². The normalized spacial score (nSPS) is 13.9. The van der Waals surface area contributed by atoms with Crippen LogP contribution in [0.15, 0.2) is 34.2 Å². The molecule has 37 heavy (non-hydrogen) atoms. The molecule has 1 aromatic carbocycles. The highest BCUT2D eigenvalue weighted by atomic mass is 79.9. The average Bonchev–Trinajstić information content (AvgIpc) is 3.15.